The van der Waals surface area contributed by atoms with Crippen LogP contribution in [0, 0.1) is 0 Å². The number of nitrogens with zero attached hydrogens (tertiary/aromatic N) is 1. The Morgan fingerprint density at radius 3 is 2.07 bits per heavy atom. The molecule has 1 N–H and O–H groups in total. The average molecular weight is 218 g/mol. The zero-order valence-corrected chi connectivity index (χ0v) is 11.3. The van der Waals surface area contributed by atoms with Crippen LogP contribution in [0.25, 0.3) is 0 Å². The minimum absolute atomic E-state index is 0.916. The molecule has 1 saturated heterocycles. The summed E-state index contributed by atoms with van der Waals surface area (Å²) in [4.78, 5) is 2.46. The highest BCUT2D eigenvalue weighted by molar-refractivity contribution is 4.61. The van der Waals surface area contributed by atoms with Gasteiger partial charge in [0.1, 0.15) is 0 Å². The molecule has 94 valence electrons. The highest BCUT2D eigenvalue weighted by atomic mass is 16.5. The van der Waals surface area contributed by atoms with Crippen LogP contribution in [0.5, 0.6) is 0 Å². The molecule has 3 nitrogen and oxygen atoms in total. The van der Waals surface area contributed by atoms with Crippen molar-refractivity contribution in [2.75, 3.05) is 46.4 Å². The van der Waals surface area contributed by atoms with Crippen molar-refractivity contribution in [1.82, 2.24) is 10.2 Å². The smallest absolute Gasteiger partial charge is 0.0594 e. The molecule has 0 bridgehead atoms. The van der Waals surface area contributed by atoms with Gasteiger partial charge in [-0.05, 0) is 26.6 Å². The van der Waals surface area contributed by atoms with Crippen LogP contribution < -0.4 is 5.32 Å². The summed E-state index contributed by atoms with van der Waals surface area (Å²) in [5.74, 6) is 0. The van der Waals surface area contributed by atoms with Gasteiger partial charge >= 0.3 is 0 Å². The molecule has 0 aromatic heterocycles. The Balaban J connectivity index is 0. The van der Waals surface area contributed by atoms with Crippen LogP contribution in [0.1, 0.15) is 34.1 Å². The lowest BCUT2D eigenvalue weighted by Crippen LogP contribution is -2.37. The summed E-state index contributed by atoms with van der Waals surface area (Å²) in [6.07, 6.45) is 1.25. The van der Waals surface area contributed by atoms with E-state index in [-0.39, 0.29) is 0 Å². The summed E-state index contributed by atoms with van der Waals surface area (Å²) < 4.78 is 5.25. The fourth-order valence-corrected chi connectivity index (χ4v) is 1.30. The maximum Gasteiger partial charge on any atom is 0.0594 e. The van der Waals surface area contributed by atoms with Crippen molar-refractivity contribution in [1.29, 1.82) is 0 Å². The molecule has 0 atom stereocenters. The Hall–Kier alpha value is -0.120. The van der Waals surface area contributed by atoms with Crippen LogP contribution in [0.3, 0.4) is 0 Å². The fraction of sp³-hybridized carbons (Fsp3) is 1.00. The molecule has 0 saturated carbocycles. The first kappa shape index (κ1) is 17.3. The number of hydrogen-bond donors (Lipinski definition) is 1. The Morgan fingerprint density at radius 2 is 1.60 bits per heavy atom. The molecule has 1 rings (SSSR count). The largest absolute Gasteiger partial charge is 0.379 e. The van der Waals surface area contributed by atoms with E-state index in [0.29, 0.717) is 0 Å². The highest BCUT2D eigenvalue weighted by Crippen LogP contribution is 1.96. The van der Waals surface area contributed by atoms with E-state index in [1.165, 1.54) is 13.0 Å². The van der Waals surface area contributed by atoms with E-state index in [9.17, 15) is 0 Å². The monoisotopic (exact) mass is 218 g/mol. The van der Waals surface area contributed by atoms with E-state index in [4.69, 9.17) is 4.74 Å². The van der Waals surface area contributed by atoms with Crippen LogP contribution >= 0.6 is 0 Å². The molecule has 0 aromatic carbocycles. The van der Waals surface area contributed by atoms with Crippen molar-refractivity contribution < 1.29 is 4.74 Å². The Kier molecular flexibility index (Phi) is 18.8. The molecule has 0 aromatic rings. The van der Waals surface area contributed by atoms with E-state index in [2.05, 4.69) is 10.2 Å². The number of ether oxygens (including phenoxy) is 1. The zero-order valence-electron chi connectivity index (χ0n) is 11.3. The van der Waals surface area contributed by atoms with Crippen molar-refractivity contribution >= 4 is 0 Å². The lowest BCUT2D eigenvalue weighted by molar-refractivity contribution is 0.0375. The van der Waals surface area contributed by atoms with Gasteiger partial charge in [-0.2, -0.15) is 0 Å². The van der Waals surface area contributed by atoms with E-state index in [1.807, 2.05) is 34.7 Å². The van der Waals surface area contributed by atoms with Crippen molar-refractivity contribution in [3.63, 3.8) is 0 Å². The normalized spacial score (nSPS) is 15.8. The summed E-state index contributed by atoms with van der Waals surface area (Å²) in [5, 5.41) is 3.15. The number of nitrogens with one attached hydrogen (secondary N) is 1. The van der Waals surface area contributed by atoms with Crippen LogP contribution in [-0.4, -0.2) is 51.3 Å². The van der Waals surface area contributed by atoms with Crippen LogP contribution in [0.2, 0.25) is 0 Å². The molecule has 0 radical (unpaired) electrons. The quantitative estimate of drug-likeness (QED) is 0.730. The SMILES string of the molecule is CC.CC.CNCCCN1CCOCC1. The molecule has 1 fully saturated rings. The summed E-state index contributed by atoms with van der Waals surface area (Å²) >= 11 is 0. The van der Waals surface area contributed by atoms with Crippen LogP contribution in [0.4, 0.5) is 0 Å². The molecule has 1 aliphatic rings. The molecule has 3 heteroatoms. The van der Waals surface area contributed by atoms with Crippen LogP contribution in [0.15, 0.2) is 0 Å². The van der Waals surface area contributed by atoms with Crippen LogP contribution in [-0.2, 0) is 4.74 Å². The summed E-state index contributed by atoms with van der Waals surface area (Å²) in [6, 6.07) is 0. The highest BCUT2D eigenvalue weighted by Gasteiger charge is 2.08. The number of hydrogen-bond acceptors (Lipinski definition) is 3. The van der Waals surface area contributed by atoms with Crippen molar-refractivity contribution in [3.8, 4) is 0 Å². The van der Waals surface area contributed by atoms with E-state index in [1.54, 1.807) is 0 Å². The van der Waals surface area contributed by atoms with Gasteiger partial charge in [-0.1, -0.05) is 27.7 Å². The summed E-state index contributed by atoms with van der Waals surface area (Å²) in [5.41, 5.74) is 0. The predicted molar refractivity (Wildman–Crippen MR) is 68.5 cm³/mol. The molecular formula is C12H30N2O. The first-order valence-corrected chi connectivity index (χ1v) is 6.38. The Bertz CT molecular complexity index is 93.6. The third-order valence-corrected chi connectivity index (χ3v) is 2.00. The average Bonchev–Trinajstić information content (AvgIpc) is 2.36. The topological polar surface area (TPSA) is 24.5 Å². The van der Waals surface area contributed by atoms with Gasteiger partial charge in [0.05, 0.1) is 13.2 Å². The molecule has 1 aliphatic heterocycles. The lowest BCUT2D eigenvalue weighted by Gasteiger charge is -2.26. The van der Waals surface area contributed by atoms with Gasteiger partial charge in [0, 0.05) is 13.1 Å². The fourth-order valence-electron chi connectivity index (χ4n) is 1.30. The second-order valence-corrected chi connectivity index (χ2v) is 2.91. The molecule has 0 unspecified atom stereocenters. The molecule has 0 aliphatic carbocycles. The van der Waals surface area contributed by atoms with E-state index in [0.717, 1.165) is 32.8 Å². The standard InChI is InChI=1S/C8H18N2O.2C2H6/c1-9-3-2-4-10-5-7-11-8-6-10;2*1-2/h9H,2-8H2,1H3;2*1-2H3. The van der Waals surface area contributed by atoms with Crippen molar-refractivity contribution in [2.24, 2.45) is 0 Å². The summed E-state index contributed by atoms with van der Waals surface area (Å²) in [7, 11) is 2.00. The first-order valence-electron chi connectivity index (χ1n) is 6.38. The lowest BCUT2D eigenvalue weighted by atomic mass is 10.3. The van der Waals surface area contributed by atoms with Gasteiger partial charge in [-0.3, -0.25) is 4.90 Å². The van der Waals surface area contributed by atoms with Crippen molar-refractivity contribution in [2.45, 2.75) is 34.1 Å². The minimum Gasteiger partial charge on any atom is -0.379 e. The molecule has 15 heavy (non-hydrogen) atoms. The van der Waals surface area contributed by atoms with Gasteiger partial charge in [0.25, 0.3) is 0 Å². The molecular weight excluding hydrogens is 188 g/mol. The van der Waals surface area contributed by atoms with Gasteiger partial charge in [-0.25, -0.2) is 0 Å². The van der Waals surface area contributed by atoms with Gasteiger partial charge in [0.15, 0.2) is 0 Å². The Labute approximate surface area is 96.2 Å². The molecule has 0 spiro atoms. The van der Waals surface area contributed by atoms with Gasteiger partial charge in [-0.15, -0.1) is 0 Å². The van der Waals surface area contributed by atoms with Gasteiger partial charge < -0.3 is 10.1 Å². The Morgan fingerprint density at radius 1 is 1.07 bits per heavy atom. The molecule has 0 amide bonds. The number of morpholine rings is 1. The second-order valence-electron chi connectivity index (χ2n) is 2.91. The van der Waals surface area contributed by atoms with E-state index >= 15 is 0 Å². The second kappa shape index (κ2) is 16.3. The number of rotatable bonds is 4. The summed E-state index contributed by atoms with van der Waals surface area (Å²) in [6.45, 7) is 14.4. The maximum absolute atomic E-state index is 5.25. The van der Waals surface area contributed by atoms with Gasteiger partial charge in [0.2, 0.25) is 0 Å². The minimum atomic E-state index is 0.916. The zero-order chi connectivity index (χ0) is 11.9. The van der Waals surface area contributed by atoms with E-state index < -0.39 is 0 Å². The maximum atomic E-state index is 5.25. The van der Waals surface area contributed by atoms with Crippen molar-refractivity contribution in [3.05, 3.63) is 0 Å². The third-order valence-electron chi connectivity index (χ3n) is 2.00. The molecule has 1 heterocycles. The third kappa shape index (κ3) is 11.8. The first-order chi connectivity index (χ1) is 7.43. The predicted octanol–water partition coefficient (Wildman–Crippen LogP) is 1.98.